The summed E-state index contributed by atoms with van der Waals surface area (Å²) in [7, 11) is -2.27. The fourth-order valence-electron chi connectivity index (χ4n) is 1.48. The molecular formula is C11H12ClN5O3S. The number of hydrogen-bond donors (Lipinski definition) is 2. The highest BCUT2D eigenvalue weighted by Crippen LogP contribution is 2.13. The van der Waals surface area contributed by atoms with E-state index in [4.69, 9.17) is 21.5 Å². The summed E-state index contributed by atoms with van der Waals surface area (Å²) in [5, 5.41) is 7.96. The highest BCUT2D eigenvalue weighted by molar-refractivity contribution is 7.89. The molecule has 0 saturated carbocycles. The largest absolute Gasteiger partial charge is 0.467 e. The number of aromatic nitrogens is 3. The zero-order chi connectivity index (χ0) is 15.5. The smallest absolute Gasteiger partial charge is 0.322 e. The van der Waals surface area contributed by atoms with E-state index in [2.05, 4.69) is 20.3 Å². The molecule has 21 heavy (non-hydrogen) atoms. The molecule has 0 saturated heterocycles. The minimum Gasteiger partial charge on any atom is -0.467 e. The summed E-state index contributed by atoms with van der Waals surface area (Å²) in [6.07, 6.45) is 0. The van der Waals surface area contributed by atoms with E-state index in [-0.39, 0.29) is 22.1 Å². The van der Waals surface area contributed by atoms with Crippen LogP contribution in [-0.4, -0.2) is 30.5 Å². The van der Waals surface area contributed by atoms with E-state index in [1.807, 2.05) is 0 Å². The predicted octanol–water partition coefficient (Wildman–Crippen LogP) is 0.793. The van der Waals surface area contributed by atoms with Crippen molar-refractivity contribution >= 4 is 27.6 Å². The summed E-state index contributed by atoms with van der Waals surface area (Å²) in [5.74, 6) is 0.252. The number of nitrogens with one attached hydrogen (secondary N) is 1. The van der Waals surface area contributed by atoms with Gasteiger partial charge >= 0.3 is 6.01 Å². The van der Waals surface area contributed by atoms with E-state index in [0.717, 1.165) is 5.56 Å². The number of sulfonamides is 1. The van der Waals surface area contributed by atoms with Gasteiger partial charge in [-0.1, -0.05) is 12.1 Å². The first-order valence-corrected chi connectivity index (χ1v) is 7.62. The Morgan fingerprint density at radius 3 is 2.48 bits per heavy atom. The van der Waals surface area contributed by atoms with Crippen molar-refractivity contribution in [3.63, 3.8) is 0 Å². The highest BCUT2D eigenvalue weighted by atomic mass is 35.5. The third-order valence-electron chi connectivity index (χ3n) is 2.47. The van der Waals surface area contributed by atoms with E-state index in [0.29, 0.717) is 6.54 Å². The maximum absolute atomic E-state index is 11.1. The standard InChI is InChI=1S/C11H12ClN5O3S/c1-20-11-16-9(12)15-10(17-11)14-6-7-2-4-8(5-3-7)21(13,18)19/h2-5H,6H2,1H3,(H2,13,18,19)(H,14,15,16,17). The quantitative estimate of drug-likeness (QED) is 0.832. The van der Waals surface area contributed by atoms with Crippen LogP contribution in [0, 0.1) is 0 Å². The van der Waals surface area contributed by atoms with E-state index in [1.54, 1.807) is 12.1 Å². The average molecular weight is 330 g/mol. The molecule has 1 heterocycles. The van der Waals surface area contributed by atoms with Crippen LogP contribution in [-0.2, 0) is 16.6 Å². The molecule has 1 aromatic carbocycles. The maximum Gasteiger partial charge on any atom is 0.322 e. The van der Waals surface area contributed by atoms with Crippen LogP contribution < -0.4 is 15.2 Å². The van der Waals surface area contributed by atoms with Crippen molar-refractivity contribution in [3.8, 4) is 6.01 Å². The molecule has 10 heteroatoms. The Balaban J connectivity index is 2.08. The number of nitrogens with zero attached hydrogens (tertiary/aromatic N) is 3. The molecule has 0 atom stereocenters. The van der Waals surface area contributed by atoms with E-state index in [1.165, 1.54) is 19.2 Å². The summed E-state index contributed by atoms with van der Waals surface area (Å²) in [5.41, 5.74) is 0.818. The fourth-order valence-corrected chi connectivity index (χ4v) is 2.15. The molecule has 2 rings (SSSR count). The van der Waals surface area contributed by atoms with E-state index >= 15 is 0 Å². The number of anilines is 1. The Hall–Kier alpha value is -1.97. The molecule has 0 aliphatic carbocycles. The Kier molecular flexibility index (Phi) is 4.56. The van der Waals surface area contributed by atoms with Crippen molar-refractivity contribution in [2.24, 2.45) is 5.14 Å². The first-order valence-electron chi connectivity index (χ1n) is 5.69. The number of halogens is 1. The van der Waals surface area contributed by atoms with E-state index < -0.39 is 10.0 Å². The molecule has 0 fully saturated rings. The van der Waals surface area contributed by atoms with Gasteiger partial charge in [-0.15, -0.1) is 0 Å². The van der Waals surface area contributed by atoms with Crippen LogP contribution in [0.2, 0.25) is 5.28 Å². The Morgan fingerprint density at radius 1 is 1.24 bits per heavy atom. The Labute approximate surface area is 126 Å². The lowest BCUT2D eigenvalue weighted by atomic mass is 10.2. The molecule has 0 aliphatic heterocycles. The summed E-state index contributed by atoms with van der Waals surface area (Å²) in [4.78, 5) is 11.7. The summed E-state index contributed by atoms with van der Waals surface area (Å²) in [6, 6.07) is 6.21. The lowest BCUT2D eigenvalue weighted by Crippen LogP contribution is -2.12. The first kappa shape index (κ1) is 15.4. The number of primary sulfonamides is 1. The monoisotopic (exact) mass is 329 g/mol. The lowest BCUT2D eigenvalue weighted by molar-refractivity contribution is 0.379. The molecule has 0 aliphatic rings. The van der Waals surface area contributed by atoms with Crippen molar-refractivity contribution in [1.82, 2.24) is 15.0 Å². The zero-order valence-corrected chi connectivity index (χ0v) is 12.5. The van der Waals surface area contributed by atoms with Gasteiger partial charge in [-0.2, -0.15) is 15.0 Å². The topological polar surface area (TPSA) is 120 Å². The van der Waals surface area contributed by atoms with Gasteiger partial charge in [-0.05, 0) is 29.3 Å². The number of ether oxygens (including phenoxy) is 1. The van der Waals surface area contributed by atoms with Crippen LogP contribution in [0.3, 0.4) is 0 Å². The van der Waals surface area contributed by atoms with Gasteiger partial charge in [-0.25, -0.2) is 13.6 Å². The minimum atomic E-state index is -3.69. The van der Waals surface area contributed by atoms with Crippen LogP contribution in [0.1, 0.15) is 5.56 Å². The average Bonchev–Trinajstić information content (AvgIpc) is 2.44. The fraction of sp³-hybridized carbons (Fsp3) is 0.182. The molecule has 0 unspecified atom stereocenters. The lowest BCUT2D eigenvalue weighted by Gasteiger charge is -2.06. The minimum absolute atomic E-state index is 0.00826. The van der Waals surface area contributed by atoms with Crippen molar-refractivity contribution in [1.29, 1.82) is 0 Å². The molecule has 0 spiro atoms. The number of hydrogen-bond acceptors (Lipinski definition) is 7. The molecule has 112 valence electrons. The highest BCUT2D eigenvalue weighted by Gasteiger charge is 2.08. The second-order valence-electron chi connectivity index (χ2n) is 3.96. The van der Waals surface area contributed by atoms with Gasteiger partial charge in [0.05, 0.1) is 12.0 Å². The molecule has 3 N–H and O–H groups in total. The van der Waals surface area contributed by atoms with Crippen molar-refractivity contribution < 1.29 is 13.2 Å². The van der Waals surface area contributed by atoms with Gasteiger partial charge in [0.1, 0.15) is 0 Å². The first-order chi connectivity index (χ1) is 9.88. The summed E-state index contributed by atoms with van der Waals surface area (Å²) < 4.78 is 27.2. The van der Waals surface area contributed by atoms with Crippen LogP contribution in [0.15, 0.2) is 29.2 Å². The molecule has 1 aromatic heterocycles. The molecule has 2 aromatic rings. The molecule has 0 bridgehead atoms. The number of methoxy groups -OCH3 is 1. The van der Waals surface area contributed by atoms with Crippen molar-refractivity contribution in [2.45, 2.75) is 11.4 Å². The zero-order valence-electron chi connectivity index (χ0n) is 10.9. The predicted molar refractivity (Wildman–Crippen MR) is 76.5 cm³/mol. The van der Waals surface area contributed by atoms with Gasteiger partial charge in [0.2, 0.25) is 21.3 Å². The van der Waals surface area contributed by atoms with Crippen LogP contribution in [0.4, 0.5) is 5.95 Å². The van der Waals surface area contributed by atoms with Gasteiger partial charge in [-0.3, -0.25) is 0 Å². The van der Waals surface area contributed by atoms with Crippen molar-refractivity contribution in [2.75, 3.05) is 12.4 Å². The van der Waals surface area contributed by atoms with Crippen LogP contribution in [0.5, 0.6) is 6.01 Å². The second-order valence-corrected chi connectivity index (χ2v) is 5.86. The Morgan fingerprint density at radius 2 is 1.90 bits per heavy atom. The SMILES string of the molecule is COc1nc(Cl)nc(NCc2ccc(S(N)(=O)=O)cc2)n1. The number of benzene rings is 1. The van der Waals surface area contributed by atoms with Gasteiger partial charge in [0.25, 0.3) is 0 Å². The van der Waals surface area contributed by atoms with Crippen molar-refractivity contribution in [3.05, 3.63) is 35.1 Å². The molecular weight excluding hydrogens is 318 g/mol. The van der Waals surface area contributed by atoms with Crippen LogP contribution in [0.25, 0.3) is 0 Å². The van der Waals surface area contributed by atoms with Crippen LogP contribution >= 0.6 is 11.6 Å². The molecule has 0 radical (unpaired) electrons. The molecule has 8 nitrogen and oxygen atoms in total. The van der Waals surface area contributed by atoms with Gasteiger partial charge < -0.3 is 10.1 Å². The summed E-state index contributed by atoms with van der Waals surface area (Å²) >= 11 is 5.72. The van der Waals surface area contributed by atoms with E-state index in [9.17, 15) is 8.42 Å². The second kappa shape index (κ2) is 6.20. The van der Waals surface area contributed by atoms with Gasteiger partial charge in [0, 0.05) is 6.54 Å². The molecule has 0 amide bonds. The normalized spacial score (nSPS) is 11.2. The Bertz CT molecular complexity index is 736. The third kappa shape index (κ3) is 4.25. The summed E-state index contributed by atoms with van der Waals surface area (Å²) in [6.45, 7) is 0.369. The number of nitrogens with two attached hydrogens (primary N) is 1. The number of rotatable bonds is 5. The van der Waals surface area contributed by atoms with Gasteiger partial charge in [0.15, 0.2) is 0 Å². The maximum atomic E-state index is 11.1. The third-order valence-corrected chi connectivity index (χ3v) is 3.57.